The highest BCUT2D eigenvalue weighted by Crippen LogP contribution is 2.14. The summed E-state index contributed by atoms with van der Waals surface area (Å²) in [6, 6.07) is 7.69. The summed E-state index contributed by atoms with van der Waals surface area (Å²) in [4.78, 5) is 1.10. The van der Waals surface area contributed by atoms with Crippen LogP contribution in [0.4, 0.5) is 0 Å². The van der Waals surface area contributed by atoms with Gasteiger partial charge in [0.05, 0.1) is 7.11 Å². The molecule has 0 aliphatic rings. The molecule has 1 radical (unpaired) electrons. The first-order chi connectivity index (χ1) is 4.86. The van der Waals surface area contributed by atoms with Gasteiger partial charge in [-0.1, -0.05) is 0 Å². The normalized spacial score (nSPS) is 9.30. The average molecular weight is 153 g/mol. The second kappa shape index (κ2) is 3.42. The van der Waals surface area contributed by atoms with Crippen molar-refractivity contribution in [3.8, 4) is 5.75 Å². The molecule has 1 nitrogen and oxygen atoms in total. The summed E-state index contributed by atoms with van der Waals surface area (Å²) in [5.41, 5.74) is 0. The van der Waals surface area contributed by atoms with Gasteiger partial charge in [-0.05, 0) is 35.0 Å². The molecule has 10 heavy (non-hydrogen) atoms. The van der Waals surface area contributed by atoms with E-state index in [9.17, 15) is 0 Å². The maximum absolute atomic E-state index is 5.37. The predicted molar refractivity (Wildman–Crippen MR) is 46.3 cm³/mol. The van der Waals surface area contributed by atoms with Crippen molar-refractivity contribution in [2.75, 3.05) is 7.11 Å². The van der Waals surface area contributed by atoms with E-state index in [2.05, 4.69) is 0 Å². The Bertz CT molecular complexity index is 215. The van der Waals surface area contributed by atoms with Gasteiger partial charge in [-0.3, -0.25) is 0 Å². The van der Waals surface area contributed by atoms with Crippen molar-refractivity contribution in [1.82, 2.24) is 0 Å². The van der Waals surface area contributed by atoms with Crippen LogP contribution in [0.15, 0.2) is 29.2 Å². The summed E-state index contributed by atoms with van der Waals surface area (Å²) < 4.78 is 4.97. The minimum absolute atomic E-state index is 0.802. The number of ether oxygens (including phenoxy) is 1. The molecule has 0 amide bonds. The van der Waals surface area contributed by atoms with Crippen LogP contribution in [0.2, 0.25) is 0 Å². The molecule has 0 atom stereocenters. The Morgan fingerprint density at radius 1 is 1.30 bits per heavy atom. The maximum atomic E-state index is 5.37. The number of methoxy groups -OCH3 is 1. The van der Waals surface area contributed by atoms with E-state index in [-0.39, 0.29) is 0 Å². The Balaban J connectivity index is 2.90. The first kappa shape index (κ1) is 7.35. The van der Waals surface area contributed by atoms with Crippen LogP contribution in [0.3, 0.4) is 0 Å². The lowest BCUT2D eigenvalue weighted by molar-refractivity contribution is 0.414. The number of hydrogen-bond acceptors (Lipinski definition) is 1. The molecule has 0 N–H and O–H groups in total. The van der Waals surface area contributed by atoms with Crippen LogP contribution < -0.4 is 4.74 Å². The van der Waals surface area contributed by atoms with Gasteiger partial charge in [0, 0.05) is 0 Å². The number of hydrogen-bond donors (Lipinski definition) is 1. The zero-order valence-electron chi connectivity index (χ0n) is 5.74. The summed E-state index contributed by atoms with van der Waals surface area (Å²) in [6.07, 6.45) is 0. The molecule has 0 bridgehead atoms. The van der Waals surface area contributed by atoms with Crippen molar-refractivity contribution in [3.63, 3.8) is 0 Å². The van der Waals surface area contributed by atoms with Gasteiger partial charge >= 0.3 is 0 Å². The van der Waals surface area contributed by atoms with Gasteiger partial charge in [0.1, 0.15) is 5.75 Å². The quantitative estimate of drug-likeness (QED) is 0.503. The van der Waals surface area contributed by atoms with Gasteiger partial charge in [-0.2, -0.15) is 11.4 Å². The molecular weight excluding hydrogens is 144 g/mol. The Kier molecular flexibility index (Phi) is 2.51. The molecule has 1 aromatic rings. The molecular formula is C8H9OS. The third-order valence-corrected chi connectivity index (χ3v) is 1.82. The van der Waals surface area contributed by atoms with Crippen LogP contribution >= 0.6 is 11.4 Å². The third kappa shape index (κ3) is 1.61. The minimum Gasteiger partial charge on any atom is -0.497 e. The van der Waals surface area contributed by atoms with Crippen molar-refractivity contribution in [2.45, 2.75) is 4.90 Å². The first-order valence-electron chi connectivity index (χ1n) is 2.92. The first-order valence-corrected chi connectivity index (χ1v) is 3.88. The largest absolute Gasteiger partial charge is 0.497 e. The molecule has 0 aliphatic carbocycles. The highest BCUT2D eigenvalue weighted by molar-refractivity contribution is 7.96. The van der Waals surface area contributed by atoms with Crippen LogP contribution in [0.1, 0.15) is 0 Å². The summed E-state index contributed by atoms with van der Waals surface area (Å²) in [7, 11) is 1.65. The van der Waals surface area contributed by atoms with Crippen LogP contribution in [-0.2, 0) is 0 Å². The van der Waals surface area contributed by atoms with Gasteiger partial charge in [-0.15, -0.1) is 0 Å². The lowest BCUT2D eigenvalue weighted by Crippen LogP contribution is -1.79. The van der Waals surface area contributed by atoms with Gasteiger partial charge in [-0.25, -0.2) is 0 Å². The highest BCUT2D eigenvalue weighted by atomic mass is 32.1. The summed E-state index contributed by atoms with van der Waals surface area (Å²) >= 11 is 0.802. The molecule has 0 fully saturated rings. The molecule has 2 heteroatoms. The number of rotatable bonds is 2. The van der Waals surface area contributed by atoms with E-state index in [1.54, 1.807) is 7.11 Å². The van der Waals surface area contributed by atoms with E-state index in [4.69, 9.17) is 10.6 Å². The van der Waals surface area contributed by atoms with E-state index in [0.29, 0.717) is 0 Å². The van der Waals surface area contributed by atoms with Crippen molar-refractivity contribution >= 4 is 17.2 Å². The zero-order chi connectivity index (χ0) is 7.40. The average Bonchev–Trinajstić information content (AvgIpc) is 2.05. The van der Waals surface area contributed by atoms with E-state index in [0.717, 1.165) is 22.0 Å². The molecule has 0 saturated heterocycles. The Hall–Kier alpha value is -0.760. The van der Waals surface area contributed by atoms with Crippen LogP contribution in [0, 0.1) is 0 Å². The van der Waals surface area contributed by atoms with E-state index in [1.165, 1.54) is 0 Å². The maximum Gasteiger partial charge on any atom is 0.118 e. The van der Waals surface area contributed by atoms with Crippen molar-refractivity contribution in [3.05, 3.63) is 24.3 Å². The van der Waals surface area contributed by atoms with E-state index in [1.807, 2.05) is 24.3 Å². The molecule has 0 heterocycles. The molecule has 53 valence electrons. The summed E-state index contributed by atoms with van der Waals surface area (Å²) in [6.45, 7) is 0. The molecule has 0 saturated carbocycles. The van der Waals surface area contributed by atoms with Crippen LogP contribution in [0.5, 0.6) is 5.75 Å². The summed E-state index contributed by atoms with van der Waals surface area (Å²) in [5.74, 6) is 6.24. The Labute approximate surface area is 64.6 Å². The van der Waals surface area contributed by atoms with E-state index < -0.39 is 0 Å². The standard InChI is InChI=1S/C8H9OS/c1-9-7-3-5-8(10-2)6-4-7/h2-6,10H,1H3. The zero-order valence-corrected chi connectivity index (χ0v) is 6.64. The second-order valence-corrected chi connectivity index (χ2v) is 2.60. The SMILES string of the molecule is [CH]=[SH]c1ccc(OC)cc1. The number of thiol groups is 1. The lowest BCUT2D eigenvalue weighted by Gasteiger charge is -1.97. The van der Waals surface area contributed by atoms with Gasteiger partial charge < -0.3 is 4.74 Å². The smallest absolute Gasteiger partial charge is 0.118 e. The molecule has 0 spiro atoms. The minimum atomic E-state index is 0.802. The Morgan fingerprint density at radius 2 is 1.90 bits per heavy atom. The van der Waals surface area contributed by atoms with Crippen LogP contribution in [0.25, 0.3) is 0 Å². The van der Waals surface area contributed by atoms with E-state index >= 15 is 0 Å². The third-order valence-electron chi connectivity index (χ3n) is 1.22. The monoisotopic (exact) mass is 153 g/mol. The fourth-order valence-electron chi connectivity index (χ4n) is 0.668. The molecule has 0 aromatic heterocycles. The highest BCUT2D eigenvalue weighted by Gasteiger charge is 1.87. The molecule has 0 unspecified atom stereocenters. The topological polar surface area (TPSA) is 9.23 Å². The predicted octanol–water partition coefficient (Wildman–Crippen LogP) is 1.83. The molecule has 1 rings (SSSR count). The summed E-state index contributed by atoms with van der Waals surface area (Å²) in [5, 5.41) is 0. The molecule has 0 aliphatic heterocycles. The lowest BCUT2D eigenvalue weighted by atomic mass is 10.3. The van der Waals surface area contributed by atoms with Crippen molar-refractivity contribution < 1.29 is 4.74 Å². The number of benzene rings is 1. The molecule has 1 aromatic carbocycles. The van der Waals surface area contributed by atoms with Gasteiger partial charge in [0.15, 0.2) is 0 Å². The fourth-order valence-corrected chi connectivity index (χ4v) is 0.989. The van der Waals surface area contributed by atoms with Gasteiger partial charge in [0.25, 0.3) is 0 Å². The van der Waals surface area contributed by atoms with Gasteiger partial charge in [0.2, 0.25) is 0 Å². The van der Waals surface area contributed by atoms with Crippen molar-refractivity contribution in [2.24, 2.45) is 0 Å². The van der Waals surface area contributed by atoms with Crippen molar-refractivity contribution in [1.29, 1.82) is 0 Å². The Morgan fingerprint density at radius 3 is 2.30 bits per heavy atom. The van der Waals surface area contributed by atoms with Crippen LogP contribution in [-0.4, -0.2) is 13.0 Å². The fraction of sp³-hybridized carbons (Fsp3) is 0.125. The second-order valence-electron chi connectivity index (χ2n) is 1.83.